The van der Waals surface area contributed by atoms with Crippen LogP contribution in [0.1, 0.15) is 11.1 Å². The number of morpholine rings is 1. The molecule has 5 nitrogen and oxygen atoms in total. The highest BCUT2D eigenvalue weighted by atomic mass is 32.2. The minimum absolute atomic E-state index is 0.242. The van der Waals surface area contributed by atoms with E-state index in [1.807, 2.05) is 13.0 Å². The van der Waals surface area contributed by atoms with Gasteiger partial charge in [-0.05, 0) is 48.0 Å². The van der Waals surface area contributed by atoms with Gasteiger partial charge in [-0.25, -0.2) is 0 Å². The molecule has 2 aliphatic rings. The zero-order valence-corrected chi connectivity index (χ0v) is 14.5. The summed E-state index contributed by atoms with van der Waals surface area (Å²) in [5.74, 6) is -0.249. The van der Waals surface area contributed by atoms with E-state index in [1.54, 1.807) is 12.2 Å². The lowest BCUT2D eigenvalue weighted by molar-refractivity contribution is -0.122. The van der Waals surface area contributed by atoms with Crippen molar-refractivity contribution in [2.45, 2.75) is 6.92 Å². The van der Waals surface area contributed by atoms with Gasteiger partial charge in [0.25, 0.3) is 11.1 Å². The number of rotatable bonds is 4. The first kappa shape index (κ1) is 16.8. The molecule has 0 radical (unpaired) electrons. The van der Waals surface area contributed by atoms with Crippen LogP contribution in [0.25, 0.3) is 6.08 Å². The highest BCUT2D eigenvalue weighted by Crippen LogP contribution is 2.33. The van der Waals surface area contributed by atoms with Gasteiger partial charge in [-0.3, -0.25) is 14.5 Å². The zero-order valence-electron chi connectivity index (χ0n) is 13.7. The van der Waals surface area contributed by atoms with Gasteiger partial charge in [0.1, 0.15) is 0 Å². The number of thioether (sulfide) groups is 1. The SMILES string of the molecule is C=CCN1C(=O)S/C(=C/c2ccc(N3CCOCC3)cc2C)C1=O. The molecule has 0 N–H and O–H groups in total. The predicted molar refractivity (Wildman–Crippen MR) is 97.1 cm³/mol. The van der Waals surface area contributed by atoms with Crippen LogP contribution in [0.2, 0.25) is 0 Å². The highest BCUT2D eigenvalue weighted by Gasteiger charge is 2.34. The van der Waals surface area contributed by atoms with Crippen LogP contribution < -0.4 is 4.90 Å². The van der Waals surface area contributed by atoms with Gasteiger partial charge in [-0.2, -0.15) is 0 Å². The van der Waals surface area contributed by atoms with Crippen LogP contribution in [0.4, 0.5) is 10.5 Å². The number of benzene rings is 1. The number of amides is 2. The minimum Gasteiger partial charge on any atom is -0.378 e. The molecule has 6 heteroatoms. The van der Waals surface area contributed by atoms with Crippen LogP contribution in [-0.2, 0) is 9.53 Å². The summed E-state index contributed by atoms with van der Waals surface area (Å²) >= 11 is 0.981. The van der Waals surface area contributed by atoms with Crippen molar-refractivity contribution in [3.63, 3.8) is 0 Å². The number of hydrogen-bond donors (Lipinski definition) is 0. The van der Waals surface area contributed by atoms with E-state index in [9.17, 15) is 9.59 Å². The molecule has 2 heterocycles. The molecule has 2 amide bonds. The molecular weight excluding hydrogens is 324 g/mol. The lowest BCUT2D eigenvalue weighted by Gasteiger charge is -2.29. The third-order valence-corrected chi connectivity index (χ3v) is 5.01. The Bertz CT molecular complexity index is 708. The molecule has 126 valence electrons. The van der Waals surface area contributed by atoms with Crippen molar-refractivity contribution >= 4 is 34.7 Å². The molecule has 0 aromatic heterocycles. The molecule has 0 aliphatic carbocycles. The number of anilines is 1. The fourth-order valence-corrected chi connectivity index (χ4v) is 3.61. The minimum atomic E-state index is -0.249. The molecular formula is C18H20N2O3S. The van der Waals surface area contributed by atoms with E-state index in [0.29, 0.717) is 4.91 Å². The quantitative estimate of drug-likeness (QED) is 0.621. The van der Waals surface area contributed by atoms with Crippen molar-refractivity contribution in [3.05, 3.63) is 46.9 Å². The van der Waals surface area contributed by atoms with Crippen molar-refractivity contribution in [2.75, 3.05) is 37.7 Å². The molecule has 0 saturated carbocycles. The average molecular weight is 344 g/mol. The Morgan fingerprint density at radius 1 is 1.29 bits per heavy atom. The lowest BCUT2D eigenvalue weighted by atomic mass is 10.1. The molecule has 1 aromatic rings. The van der Waals surface area contributed by atoms with E-state index >= 15 is 0 Å². The Morgan fingerprint density at radius 2 is 2.04 bits per heavy atom. The summed E-state index contributed by atoms with van der Waals surface area (Å²) in [5, 5.41) is -0.242. The van der Waals surface area contributed by atoms with Gasteiger partial charge in [0, 0.05) is 25.3 Å². The van der Waals surface area contributed by atoms with E-state index in [0.717, 1.165) is 54.9 Å². The van der Waals surface area contributed by atoms with Crippen LogP contribution in [0.5, 0.6) is 0 Å². The van der Waals surface area contributed by atoms with E-state index in [-0.39, 0.29) is 17.7 Å². The number of imide groups is 1. The summed E-state index contributed by atoms with van der Waals surface area (Å²) in [5.41, 5.74) is 3.19. The summed E-state index contributed by atoms with van der Waals surface area (Å²) in [6.07, 6.45) is 3.36. The summed E-state index contributed by atoms with van der Waals surface area (Å²) in [6, 6.07) is 6.17. The van der Waals surface area contributed by atoms with Gasteiger partial charge in [0.2, 0.25) is 0 Å². The predicted octanol–water partition coefficient (Wildman–Crippen LogP) is 3.05. The number of ether oxygens (including phenoxy) is 1. The summed E-state index contributed by atoms with van der Waals surface area (Å²) < 4.78 is 5.38. The number of carbonyl (C=O) groups excluding carboxylic acids is 2. The molecule has 2 fully saturated rings. The standard InChI is InChI=1S/C18H20N2O3S/c1-3-6-20-17(21)16(24-18(20)22)12-14-4-5-15(11-13(14)2)19-7-9-23-10-8-19/h3-5,11-12H,1,6-10H2,2H3/b16-12+. The molecule has 3 rings (SSSR count). The van der Waals surface area contributed by atoms with Crippen LogP contribution in [0, 0.1) is 6.92 Å². The number of nitrogens with zero attached hydrogens (tertiary/aromatic N) is 2. The fraction of sp³-hybridized carbons (Fsp3) is 0.333. The molecule has 2 aliphatic heterocycles. The van der Waals surface area contributed by atoms with Crippen LogP contribution in [-0.4, -0.2) is 48.9 Å². The number of aryl methyl sites for hydroxylation is 1. The third-order valence-electron chi connectivity index (χ3n) is 4.10. The van der Waals surface area contributed by atoms with E-state index in [4.69, 9.17) is 4.74 Å². The molecule has 0 bridgehead atoms. The fourth-order valence-electron chi connectivity index (χ4n) is 2.77. The highest BCUT2D eigenvalue weighted by molar-refractivity contribution is 8.18. The molecule has 1 aromatic carbocycles. The van der Waals surface area contributed by atoms with E-state index < -0.39 is 0 Å². The normalized spacial score (nSPS) is 20.1. The Balaban J connectivity index is 1.81. The largest absolute Gasteiger partial charge is 0.378 e. The van der Waals surface area contributed by atoms with Gasteiger partial charge in [-0.15, -0.1) is 6.58 Å². The van der Waals surface area contributed by atoms with Crippen molar-refractivity contribution in [2.24, 2.45) is 0 Å². The Kier molecular flexibility index (Phi) is 5.06. The second-order valence-electron chi connectivity index (χ2n) is 5.72. The summed E-state index contributed by atoms with van der Waals surface area (Å²) in [4.78, 5) is 28.1. The smallest absolute Gasteiger partial charge is 0.293 e. The molecule has 0 atom stereocenters. The second kappa shape index (κ2) is 7.23. The first-order chi connectivity index (χ1) is 11.6. The van der Waals surface area contributed by atoms with Gasteiger partial charge in [-0.1, -0.05) is 12.1 Å². The van der Waals surface area contributed by atoms with Crippen molar-refractivity contribution < 1.29 is 14.3 Å². The molecule has 0 spiro atoms. The second-order valence-corrected chi connectivity index (χ2v) is 6.71. The average Bonchev–Trinajstić information content (AvgIpc) is 2.85. The van der Waals surface area contributed by atoms with Crippen LogP contribution >= 0.6 is 11.8 Å². The number of hydrogen-bond acceptors (Lipinski definition) is 5. The summed E-state index contributed by atoms with van der Waals surface area (Å²) in [7, 11) is 0. The van der Waals surface area contributed by atoms with Crippen molar-refractivity contribution in [1.82, 2.24) is 4.90 Å². The van der Waals surface area contributed by atoms with Gasteiger partial charge in [0.15, 0.2) is 0 Å². The van der Waals surface area contributed by atoms with Gasteiger partial charge < -0.3 is 9.64 Å². The van der Waals surface area contributed by atoms with Gasteiger partial charge in [0.05, 0.1) is 18.1 Å². The van der Waals surface area contributed by atoms with Crippen LogP contribution in [0.15, 0.2) is 35.8 Å². The van der Waals surface area contributed by atoms with Crippen LogP contribution in [0.3, 0.4) is 0 Å². The Hall–Kier alpha value is -2.05. The third kappa shape index (κ3) is 3.39. The number of carbonyl (C=O) groups is 2. The zero-order chi connectivity index (χ0) is 17.1. The molecule has 2 saturated heterocycles. The van der Waals surface area contributed by atoms with Crippen molar-refractivity contribution in [1.29, 1.82) is 0 Å². The van der Waals surface area contributed by atoms with E-state index in [1.165, 1.54) is 4.90 Å². The van der Waals surface area contributed by atoms with E-state index in [2.05, 4.69) is 23.6 Å². The van der Waals surface area contributed by atoms with Gasteiger partial charge >= 0.3 is 0 Å². The maximum absolute atomic E-state index is 12.3. The maximum atomic E-state index is 12.3. The Labute approximate surface area is 145 Å². The molecule has 24 heavy (non-hydrogen) atoms. The first-order valence-electron chi connectivity index (χ1n) is 7.90. The first-order valence-corrected chi connectivity index (χ1v) is 8.71. The monoisotopic (exact) mass is 344 g/mol. The topological polar surface area (TPSA) is 49.9 Å². The summed E-state index contributed by atoms with van der Waals surface area (Å²) in [6.45, 7) is 9.12. The van der Waals surface area contributed by atoms with Crippen molar-refractivity contribution in [3.8, 4) is 0 Å². The molecule has 0 unspecified atom stereocenters. The lowest BCUT2D eigenvalue weighted by Crippen LogP contribution is -2.36. The maximum Gasteiger partial charge on any atom is 0.293 e. The Morgan fingerprint density at radius 3 is 2.71 bits per heavy atom.